The molecule has 1 aromatic rings. The number of rotatable bonds is 3. The number of nitrogen functional groups attached to an aromatic ring is 1. The van der Waals surface area contributed by atoms with Crippen LogP contribution < -0.4 is 5.73 Å². The Morgan fingerprint density at radius 3 is 2.71 bits per heavy atom. The van der Waals surface area contributed by atoms with Crippen LogP contribution in [0.5, 0.6) is 0 Å². The van der Waals surface area contributed by atoms with Gasteiger partial charge in [-0.2, -0.15) is 0 Å². The number of aldehydes is 1. The van der Waals surface area contributed by atoms with Crippen molar-refractivity contribution in [1.29, 1.82) is 0 Å². The molecule has 0 fully saturated rings. The molecule has 2 N–H and O–H groups in total. The van der Waals surface area contributed by atoms with Gasteiger partial charge in [-0.1, -0.05) is 15.9 Å². The lowest BCUT2D eigenvalue weighted by Crippen LogP contribution is -2.05. The first-order valence-electron chi connectivity index (χ1n) is 3.68. The third-order valence-electron chi connectivity index (χ3n) is 1.73. The molecule has 1 aromatic heterocycles. The van der Waals surface area contributed by atoms with Crippen LogP contribution in [0, 0.1) is 0 Å². The van der Waals surface area contributed by atoms with Gasteiger partial charge in [0.05, 0.1) is 23.1 Å². The minimum Gasteiger partial charge on any atom is -0.397 e. The molecule has 0 atom stereocenters. The van der Waals surface area contributed by atoms with Crippen LogP contribution in [0.3, 0.4) is 0 Å². The number of aromatic nitrogens is 1. The van der Waals surface area contributed by atoms with Crippen molar-refractivity contribution in [3.8, 4) is 0 Å². The van der Waals surface area contributed by atoms with Crippen LogP contribution in [-0.2, 0) is 5.33 Å². The van der Waals surface area contributed by atoms with Crippen LogP contribution >= 0.6 is 15.9 Å². The van der Waals surface area contributed by atoms with E-state index < -0.39 is 12.0 Å². The Bertz CT molecular complexity index is 357. The summed E-state index contributed by atoms with van der Waals surface area (Å²) in [7, 11) is 0. The normalized spacial score (nSPS) is 10.6. The second kappa shape index (κ2) is 4.45. The Kier molecular flexibility index (Phi) is 3.51. The first-order valence-corrected chi connectivity index (χ1v) is 4.80. The van der Waals surface area contributed by atoms with Crippen LogP contribution in [-0.4, -0.2) is 11.3 Å². The summed E-state index contributed by atoms with van der Waals surface area (Å²) in [5.41, 5.74) is 4.89. The van der Waals surface area contributed by atoms with Crippen LogP contribution in [0.1, 0.15) is 28.0 Å². The van der Waals surface area contributed by atoms with Gasteiger partial charge >= 0.3 is 0 Å². The highest BCUT2D eigenvalue weighted by atomic mass is 79.9. The number of hydrogen-bond acceptors (Lipinski definition) is 3. The zero-order valence-electron chi connectivity index (χ0n) is 7.01. The third kappa shape index (κ3) is 1.89. The molecule has 0 saturated heterocycles. The zero-order chi connectivity index (χ0) is 10.7. The lowest BCUT2D eigenvalue weighted by molar-refractivity contribution is 0.110. The summed E-state index contributed by atoms with van der Waals surface area (Å²) in [5.74, 6) is 0. The van der Waals surface area contributed by atoms with Gasteiger partial charge in [-0.25, -0.2) is 8.78 Å². The van der Waals surface area contributed by atoms with E-state index in [9.17, 15) is 13.6 Å². The van der Waals surface area contributed by atoms with Gasteiger partial charge in [0, 0.05) is 10.9 Å². The van der Waals surface area contributed by atoms with Crippen LogP contribution in [0.4, 0.5) is 14.5 Å². The summed E-state index contributed by atoms with van der Waals surface area (Å²) >= 11 is 3.01. The predicted molar refractivity (Wildman–Crippen MR) is 51.6 cm³/mol. The number of alkyl halides is 3. The molecule has 0 spiro atoms. The van der Waals surface area contributed by atoms with E-state index in [0.717, 1.165) is 0 Å². The molecule has 0 saturated carbocycles. The summed E-state index contributed by atoms with van der Waals surface area (Å²) in [4.78, 5) is 14.3. The number of anilines is 1. The molecule has 14 heavy (non-hydrogen) atoms. The fraction of sp³-hybridized carbons (Fsp3) is 0.250. The smallest absolute Gasteiger partial charge is 0.266 e. The van der Waals surface area contributed by atoms with Gasteiger partial charge in [0.2, 0.25) is 0 Å². The largest absolute Gasteiger partial charge is 0.397 e. The minimum absolute atomic E-state index is 0.0278. The molecule has 76 valence electrons. The van der Waals surface area contributed by atoms with Gasteiger partial charge in [-0.15, -0.1) is 0 Å². The second-order valence-electron chi connectivity index (χ2n) is 2.54. The maximum Gasteiger partial charge on any atom is 0.266 e. The summed E-state index contributed by atoms with van der Waals surface area (Å²) in [6.07, 6.45) is -1.23. The fourth-order valence-corrected chi connectivity index (χ4v) is 1.53. The molecule has 0 bridgehead atoms. The molecule has 0 unspecified atom stereocenters. The van der Waals surface area contributed by atoms with Gasteiger partial charge < -0.3 is 5.73 Å². The number of pyridine rings is 1. The van der Waals surface area contributed by atoms with Crippen molar-refractivity contribution >= 4 is 27.9 Å². The lowest BCUT2D eigenvalue weighted by atomic mass is 10.1. The molecular weight excluding hydrogens is 258 g/mol. The molecule has 1 rings (SSSR count). The van der Waals surface area contributed by atoms with E-state index in [2.05, 4.69) is 20.9 Å². The molecule has 0 amide bonds. The Morgan fingerprint density at radius 2 is 2.29 bits per heavy atom. The molecule has 0 aliphatic carbocycles. The summed E-state index contributed by atoms with van der Waals surface area (Å²) < 4.78 is 25.1. The van der Waals surface area contributed by atoms with Crippen LogP contribution in [0.15, 0.2) is 6.20 Å². The lowest BCUT2D eigenvalue weighted by Gasteiger charge is -2.09. The highest BCUT2D eigenvalue weighted by Crippen LogP contribution is 2.28. The first kappa shape index (κ1) is 11.0. The molecule has 1 heterocycles. The maximum absolute atomic E-state index is 12.6. The maximum atomic E-state index is 12.6. The van der Waals surface area contributed by atoms with Crippen molar-refractivity contribution in [2.45, 2.75) is 11.8 Å². The van der Waals surface area contributed by atoms with Gasteiger partial charge in [0.1, 0.15) is 0 Å². The Balaban J connectivity index is 3.43. The minimum atomic E-state index is -2.75. The summed E-state index contributed by atoms with van der Waals surface area (Å²) in [6.45, 7) is 0. The van der Waals surface area contributed by atoms with E-state index in [0.29, 0.717) is 6.29 Å². The van der Waals surface area contributed by atoms with Crippen molar-refractivity contribution < 1.29 is 13.6 Å². The van der Waals surface area contributed by atoms with Crippen molar-refractivity contribution in [3.63, 3.8) is 0 Å². The van der Waals surface area contributed by atoms with Gasteiger partial charge in [-0.05, 0) is 0 Å². The number of hydrogen-bond donors (Lipinski definition) is 1. The van der Waals surface area contributed by atoms with E-state index in [1.54, 1.807) is 0 Å². The van der Waals surface area contributed by atoms with Crippen molar-refractivity contribution in [2.24, 2.45) is 0 Å². The Labute approximate surface area is 87.4 Å². The fourth-order valence-electron chi connectivity index (χ4n) is 1.08. The first-order chi connectivity index (χ1) is 6.61. The zero-order valence-corrected chi connectivity index (χ0v) is 8.59. The number of carbonyl (C=O) groups excluding carboxylic acids is 1. The highest BCUT2D eigenvalue weighted by molar-refractivity contribution is 9.08. The van der Waals surface area contributed by atoms with Crippen LogP contribution in [0.25, 0.3) is 0 Å². The van der Waals surface area contributed by atoms with E-state index in [1.807, 2.05) is 0 Å². The van der Waals surface area contributed by atoms with E-state index in [1.165, 1.54) is 6.20 Å². The summed E-state index contributed by atoms with van der Waals surface area (Å²) in [5, 5.41) is 0.161. The van der Waals surface area contributed by atoms with Gasteiger partial charge in [-0.3, -0.25) is 9.78 Å². The van der Waals surface area contributed by atoms with E-state index in [-0.39, 0.29) is 22.3 Å². The molecule has 3 nitrogen and oxygen atoms in total. The SMILES string of the molecule is Nc1cnc(CBr)c(C(F)F)c1C=O. The molecule has 0 aliphatic rings. The predicted octanol–water partition coefficient (Wildman–Crippen LogP) is 2.31. The van der Waals surface area contributed by atoms with E-state index >= 15 is 0 Å². The van der Waals surface area contributed by atoms with Gasteiger partial charge in [0.25, 0.3) is 6.43 Å². The average molecular weight is 265 g/mol. The standard InChI is InChI=1S/C8H7BrF2N2O/c9-1-6-7(8(10)11)4(3-14)5(12)2-13-6/h2-3,8H,1,12H2. The van der Waals surface area contributed by atoms with Gasteiger partial charge in [0.15, 0.2) is 6.29 Å². The Morgan fingerprint density at radius 1 is 1.64 bits per heavy atom. The van der Waals surface area contributed by atoms with Crippen molar-refractivity contribution in [1.82, 2.24) is 4.98 Å². The molecular formula is C8H7BrF2N2O. The highest BCUT2D eigenvalue weighted by Gasteiger charge is 2.20. The monoisotopic (exact) mass is 264 g/mol. The average Bonchev–Trinajstić information content (AvgIpc) is 2.17. The van der Waals surface area contributed by atoms with Crippen molar-refractivity contribution in [2.75, 3.05) is 5.73 Å². The van der Waals surface area contributed by atoms with Crippen LogP contribution in [0.2, 0.25) is 0 Å². The summed E-state index contributed by atoms with van der Waals surface area (Å²) in [6, 6.07) is 0. The Hall–Kier alpha value is -1.04. The quantitative estimate of drug-likeness (QED) is 0.674. The number of carbonyl (C=O) groups is 1. The number of nitrogens with two attached hydrogens (primary N) is 1. The topological polar surface area (TPSA) is 56.0 Å². The van der Waals surface area contributed by atoms with Crippen molar-refractivity contribution in [3.05, 3.63) is 23.0 Å². The third-order valence-corrected chi connectivity index (χ3v) is 2.27. The van der Waals surface area contributed by atoms with E-state index in [4.69, 9.17) is 5.73 Å². The number of nitrogens with zero attached hydrogens (tertiary/aromatic N) is 1. The molecule has 0 radical (unpaired) electrons. The second-order valence-corrected chi connectivity index (χ2v) is 3.10. The molecule has 6 heteroatoms. The molecule has 0 aliphatic heterocycles. The molecule has 0 aromatic carbocycles. The number of halogens is 3.